The van der Waals surface area contributed by atoms with Gasteiger partial charge >= 0.3 is 5.97 Å². The third-order valence-corrected chi connectivity index (χ3v) is 4.18. The van der Waals surface area contributed by atoms with Crippen LogP contribution in [0.1, 0.15) is 29.8 Å². The average Bonchev–Trinajstić information content (AvgIpc) is 2.66. The molecule has 1 atom stereocenters. The van der Waals surface area contributed by atoms with E-state index in [-0.39, 0.29) is 5.78 Å². The van der Waals surface area contributed by atoms with E-state index < -0.39 is 30.1 Å². The molecular weight excluding hydrogens is 386 g/mol. The quantitative estimate of drug-likeness (QED) is 0.581. The first kappa shape index (κ1) is 21.4. The Morgan fingerprint density at radius 2 is 1.54 bits per heavy atom. The van der Waals surface area contributed by atoms with Crippen molar-refractivity contribution in [3.05, 3.63) is 64.7 Å². The summed E-state index contributed by atoms with van der Waals surface area (Å²) in [5, 5.41) is 20.7. The smallest absolute Gasteiger partial charge is 0.328 e. The number of carboxylic acid groups (broad SMARTS) is 1. The number of amides is 1. The fraction of sp³-hybridized carbons (Fsp3) is 0.250. The molecule has 0 heterocycles. The highest BCUT2D eigenvalue weighted by atomic mass is 35.5. The van der Waals surface area contributed by atoms with Crippen LogP contribution in [0, 0.1) is 0 Å². The number of carbonyl (C=O) groups excluding carboxylic acids is 2. The molecule has 0 spiro atoms. The van der Waals surface area contributed by atoms with Gasteiger partial charge in [-0.05, 0) is 62.4 Å². The molecule has 8 heteroatoms. The Balaban J connectivity index is 2.08. The number of carboxylic acids is 1. The van der Waals surface area contributed by atoms with Crippen molar-refractivity contribution in [1.82, 2.24) is 5.32 Å². The number of carbonyl (C=O) groups is 3. The minimum Gasteiger partial charge on any atom is -0.480 e. The lowest BCUT2D eigenvalue weighted by Crippen LogP contribution is -2.53. The molecule has 1 unspecified atom stereocenters. The number of aliphatic hydroxyl groups is 1. The van der Waals surface area contributed by atoms with Crippen LogP contribution in [0.5, 0.6) is 5.75 Å². The van der Waals surface area contributed by atoms with E-state index in [1.165, 1.54) is 13.8 Å². The molecule has 0 aliphatic rings. The lowest BCUT2D eigenvalue weighted by Gasteiger charge is -2.26. The van der Waals surface area contributed by atoms with E-state index in [4.69, 9.17) is 26.6 Å². The number of ketones is 1. The van der Waals surface area contributed by atoms with Gasteiger partial charge in [0.05, 0.1) is 6.61 Å². The number of aliphatic hydroxyl groups excluding tert-OH is 1. The molecule has 28 heavy (non-hydrogen) atoms. The Kier molecular flexibility index (Phi) is 6.77. The maximum atomic E-state index is 12.5. The SMILES string of the molecule is CC(C)(Oc1ccc(C(=O)c2ccc(Cl)cc2)cc1)C(=O)NC(CO)C(=O)O. The van der Waals surface area contributed by atoms with Crippen LogP contribution in [0.2, 0.25) is 5.02 Å². The first-order valence-electron chi connectivity index (χ1n) is 8.38. The monoisotopic (exact) mass is 405 g/mol. The number of ether oxygens (including phenoxy) is 1. The molecular formula is C20H20ClNO6. The summed E-state index contributed by atoms with van der Waals surface area (Å²) in [6.45, 7) is 2.19. The van der Waals surface area contributed by atoms with Crippen molar-refractivity contribution in [1.29, 1.82) is 0 Å². The topological polar surface area (TPSA) is 113 Å². The summed E-state index contributed by atoms with van der Waals surface area (Å²) in [7, 11) is 0. The van der Waals surface area contributed by atoms with E-state index >= 15 is 0 Å². The average molecular weight is 406 g/mol. The van der Waals surface area contributed by atoms with E-state index in [0.717, 1.165) is 0 Å². The molecule has 0 fully saturated rings. The number of aliphatic carboxylic acids is 1. The number of nitrogens with one attached hydrogen (secondary N) is 1. The van der Waals surface area contributed by atoms with Crippen LogP contribution in [0.25, 0.3) is 0 Å². The number of hydrogen-bond donors (Lipinski definition) is 3. The van der Waals surface area contributed by atoms with Gasteiger partial charge < -0.3 is 20.3 Å². The van der Waals surface area contributed by atoms with E-state index in [1.807, 2.05) is 0 Å². The molecule has 0 aromatic heterocycles. The molecule has 2 aromatic rings. The van der Waals surface area contributed by atoms with Gasteiger partial charge in [0.25, 0.3) is 5.91 Å². The number of hydrogen-bond acceptors (Lipinski definition) is 5. The standard InChI is InChI=1S/C20H20ClNO6/c1-20(2,19(27)22-16(11-23)18(25)26)28-15-9-5-13(6-10-15)17(24)12-3-7-14(21)8-4-12/h3-10,16,23H,11H2,1-2H3,(H,22,27)(H,25,26). The second-order valence-corrected chi connectivity index (χ2v) is 6.96. The Labute approximate surface area is 166 Å². The molecule has 1 amide bonds. The zero-order chi connectivity index (χ0) is 20.9. The van der Waals surface area contributed by atoms with E-state index in [2.05, 4.69) is 5.32 Å². The lowest BCUT2D eigenvalue weighted by molar-refractivity contribution is -0.146. The molecule has 2 rings (SSSR count). The van der Waals surface area contributed by atoms with Crippen LogP contribution < -0.4 is 10.1 Å². The normalized spacial score (nSPS) is 12.1. The van der Waals surface area contributed by atoms with Gasteiger partial charge in [-0.25, -0.2) is 4.79 Å². The Hall–Kier alpha value is -2.90. The molecule has 7 nitrogen and oxygen atoms in total. The van der Waals surface area contributed by atoms with Crippen molar-refractivity contribution in [2.24, 2.45) is 0 Å². The van der Waals surface area contributed by atoms with Crippen molar-refractivity contribution in [3.8, 4) is 5.75 Å². The van der Waals surface area contributed by atoms with Gasteiger partial charge in [-0.2, -0.15) is 0 Å². The predicted molar refractivity (Wildman–Crippen MR) is 103 cm³/mol. The molecule has 148 valence electrons. The molecule has 0 saturated carbocycles. The van der Waals surface area contributed by atoms with Crippen LogP contribution in [0.3, 0.4) is 0 Å². The maximum absolute atomic E-state index is 12.5. The summed E-state index contributed by atoms with van der Waals surface area (Å²) in [6.07, 6.45) is 0. The third-order valence-electron chi connectivity index (χ3n) is 3.93. The van der Waals surface area contributed by atoms with Gasteiger partial charge in [0.15, 0.2) is 11.4 Å². The Morgan fingerprint density at radius 1 is 1.04 bits per heavy atom. The summed E-state index contributed by atoms with van der Waals surface area (Å²) in [5.74, 6) is -1.91. The van der Waals surface area contributed by atoms with E-state index in [1.54, 1.807) is 48.5 Å². The zero-order valence-electron chi connectivity index (χ0n) is 15.3. The molecule has 0 aliphatic heterocycles. The van der Waals surface area contributed by atoms with Crippen molar-refractivity contribution in [3.63, 3.8) is 0 Å². The van der Waals surface area contributed by atoms with Crippen LogP contribution in [-0.4, -0.2) is 46.1 Å². The lowest BCUT2D eigenvalue weighted by atomic mass is 10.0. The van der Waals surface area contributed by atoms with Gasteiger partial charge in [0.1, 0.15) is 11.8 Å². The minimum atomic E-state index is -1.42. The van der Waals surface area contributed by atoms with Gasteiger partial charge in [-0.15, -0.1) is 0 Å². The predicted octanol–water partition coefficient (Wildman–Crippen LogP) is 2.29. The summed E-state index contributed by atoms with van der Waals surface area (Å²) in [6, 6.07) is 11.3. The summed E-state index contributed by atoms with van der Waals surface area (Å²) >= 11 is 5.82. The number of benzene rings is 2. The highest BCUT2D eigenvalue weighted by molar-refractivity contribution is 6.30. The van der Waals surface area contributed by atoms with Gasteiger partial charge in [-0.3, -0.25) is 9.59 Å². The zero-order valence-corrected chi connectivity index (χ0v) is 16.1. The first-order chi connectivity index (χ1) is 13.1. The summed E-state index contributed by atoms with van der Waals surface area (Å²) < 4.78 is 5.63. The molecule has 2 aromatic carbocycles. The third kappa shape index (κ3) is 5.31. The molecule has 0 saturated heterocycles. The van der Waals surface area contributed by atoms with Crippen LogP contribution in [0.15, 0.2) is 48.5 Å². The largest absolute Gasteiger partial charge is 0.480 e. The second kappa shape index (κ2) is 8.86. The van der Waals surface area contributed by atoms with Crippen LogP contribution >= 0.6 is 11.6 Å². The molecule has 0 radical (unpaired) electrons. The highest BCUT2D eigenvalue weighted by Crippen LogP contribution is 2.21. The maximum Gasteiger partial charge on any atom is 0.328 e. The minimum absolute atomic E-state index is 0.188. The number of rotatable bonds is 8. The van der Waals surface area contributed by atoms with Crippen molar-refractivity contribution in [2.45, 2.75) is 25.5 Å². The summed E-state index contributed by atoms with van der Waals surface area (Å²) in [5.41, 5.74) is -0.477. The second-order valence-electron chi connectivity index (χ2n) is 6.52. The number of halogens is 1. The first-order valence-corrected chi connectivity index (χ1v) is 8.76. The van der Waals surface area contributed by atoms with Crippen molar-refractivity contribution in [2.75, 3.05) is 6.61 Å². The van der Waals surface area contributed by atoms with Gasteiger partial charge in [0.2, 0.25) is 0 Å². The van der Waals surface area contributed by atoms with Crippen molar-refractivity contribution >= 4 is 29.3 Å². The molecule has 3 N–H and O–H groups in total. The summed E-state index contributed by atoms with van der Waals surface area (Å²) in [4.78, 5) is 35.6. The highest BCUT2D eigenvalue weighted by Gasteiger charge is 2.33. The molecule has 0 aliphatic carbocycles. The van der Waals surface area contributed by atoms with Gasteiger partial charge in [-0.1, -0.05) is 11.6 Å². The molecule has 0 bridgehead atoms. The van der Waals surface area contributed by atoms with E-state index in [9.17, 15) is 14.4 Å². The fourth-order valence-electron chi connectivity index (χ4n) is 2.30. The Bertz CT molecular complexity index is 861. The van der Waals surface area contributed by atoms with Gasteiger partial charge in [0, 0.05) is 16.1 Å². The van der Waals surface area contributed by atoms with Crippen LogP contribution in [-0.2, 0) is 9.59 Å². The fourth-order valence-corrected chi connectivity index (χ4v) is 2.43. The van der Waals surface area contributed by atoms with Crippen molar-refractivity contribution < 1.29 is 29.3 Å². The Morgan fingerprint density at radius 3 is 2.00 bits per heavy atom. The van der Waals surface area contributed by atoms with Crippen LogP contribution in [0.4, 0.5) is 0 Å². The van der Waals surface area contributed by atoms with E-state index in [0.29, 0.717) is 21.9 Å².